The molecule has 144 heavy (non-hydrogen) atoms. The number of carbonyl (C=O) groups excluding carboxylic acids is 10. The molecular formula is C90H116F12N18O24. The van der Waals surface area contributed by atoms with Crippen LogP contribution in [0.4, 0.5) is 62.3 Å². The van der Waals surface area contributed by atoms with Crippen LogP contribution in [0.2, 0.25) is 0 Å². The Morgan fingerprint density at radius 2 is 0.569 bits per heavy atom. The number of nitrogens with one attached hydrogen (secondary N) is 12. The maximum atomic E-state index is 14.0. The molecule has 0 heterocycles. The normalized spacial score (nSPS) is 11.8. The SMILES string of the molecule is NCCN(CCNC(=O)CCC(=O)NCCOCCOCCNC(=O)/N=C(/N)NCCC[C@@H](NC(=O)C(c1ccccc1)c1ccccc1)C(=O)NCc1ccc(O)cc1)CCNC(=O)CCC(=O)NCCOCCOCCNC(=O)/N=C(/N)NCCC[C@@H](NC(=O)C(c1ccccc1)c1ccccc1)C(=O)NCc1ccc(O)cc1.O=C(O)C(F)(F)F.O=C(O)C(F)(F)F.O=C(O)C(F)(F)F.O=C(O)C(F)(F)F. The third kappa shape index (κ3) is 59.5. The number of phenolic OH excluding ortho intramolecular Hbond substituents is 2. The minimum atomic E-state index is -5.08. The van der Waals surface area contributed by atoms with E-state index in [-0.39, 0.29) is 216 Å². The van der Waals surface area contributed by atoms with Crippen LogP contribution in [0, 0.1) is 0 Å². The van der Waals surface area contributed by atoms with E-state index >= 15 is 0 Å². The Balaban J connectivity index is 0.00000217. The fourth-order valence-electron chi connectivity index (χ4n) is 11.6. The van der Waals surface area contributed by atoms with Crippen LogP contribution in [0.15, 0.2) is 180 Å². The Bertz CT molecular complexity index is 4510. The van der Waals surface area contributed by atoms with Gasteiger partial charge in [0.2, 0.25) is 47.3 Å². The number of amides is 12. The first-order valence-electron chi connectivity index (χ1n) is 43.8. The summed E-state index contributed by atoms with van der Waals surface area (Å²) in [5, 5.41) is 81.4. The number of phenols is 2. The smallest absolute Gasteiger partial charge is 0.490 e. The molecule has 0 saturated carbocycles. The van der Waals surface area contributed by atoms with E-state index in [1.807, 2.05) is 126 Å². The van der Waals surface area contributed by atoms with Crippen molar-refractivity contribution >= 4 is 95.1 Å². The molecule has 24 N–H and O–H groups in total. The number of guanidine groups is 2. The zero-order valence-electron chi connectivity index (χ0n) is 77.3. The molecule has 6 aromatic carbocycles. The maximum absolute atomic E-state index is 14.0. The number of carbonyl (C=O) groups is 14. The Kier molecular flexibility index (Phi) is 60.6. The van der Waals surface area contributed by atoms with Crippen LogP contribution >= 0.6 is 0 Å². The second-order valence-corrected chi connectivity index (χ2v) is 29.7. The van der Waals surface area contributed by atoms with Gasteiger partial charge in [-0.3, -0.25) is 43.3 Å². The number of aliphatic carboxylic acids is 4. The van der Waals surface area contributed by atoms with Crippen LogP contribution in [0.1, 0.15) is 96.6 Å². The summed E-state index contributed by atoms with van der Waals surface area (Å²) in [5.41, 5.74) is 22.3. The van der Waals surface area contributed by atoms with Gasteiger partial charge in [-0.1, -0.05) is 146 Å². The molecule has 0 aromatic heterocycles. The van der Waals surface area contributed by atoms with Crippen molar-refractivity contribution in [3.05, 3.63) is 203 Å². The molecule has 0 aliphatic rings. The summed E-state index contributed by atoms with van der Waals surface area (Å²) >= 11 is 0. The number of aliphatic imine (C=N–C) groups is 2. The Labute approximate surface area is 816 Å². The summed E-state index contributed by atoms with van der Waals surface area (Å²) in [5.74, 6) is -15.3. The van der Waals surface area contributed by atoms with Gasteiger partial charge in [0.25, 0.3) is 0 Å². The average molecular weight is 2060 g/mol. The Hall–Kier alpha value is -15.0. The van der Waals surface area contributed by atoms with E-state index in [2.05, 4.69) is 73.8 Å². The van der Waals surface area contributed by atoms with E-state index in [0.29, 0.717) is 39.0 Å². The molecule has 0 aliphatic heterocycles. The Morgan fingerprint density at radius 1 is 0.319 bits per heavy atom. The predicted octanol–water partition coefficient (Wildman–Crippen LogP) is 4.34. The van der Waals surface area contributed by atoms with E-state index in [1.165, 1.54) is 24.3 Å². The van der Waals surface area contributed by atoms with Crippen molar-refractivity contribution in [2.45, 2.75) is 113 Å². The van der Waals surface area contributed by atoms with Crippen molar-refractivity contribution in [2.24, 2.45) is 27.2 Å². The lowest BCUT2D eigenvalue weighted by Gasteiger charge is -2.23. The van der Waals surface area contributed by atoms with Crippen LogP contribution in [0.25, 0.3) is 0 Å². The summed E-state index contributed by atoms with van der Waals surface area (Å²) in [6.45, 7) is 5.35. The van der Waals surface area contributed by atoms with Crippen LogP contribution in [0.5, 0.6) is 11.5 Å². The topological polar surface area (TPSA) is 648 Å². The van der Waals surface area contributed by atoms with Crippen molar-refractivity contribution in [2.75, 3.05) is 131 Å². The number of nitrogens with zero attached hydrogens (tertiary/aromatic N) is 3. The molecule has 0 aliphatic carbocycles. The summed E-state index contributed by atoms with van der Waals surface area (Å²) in [6, 6.07) is 46.7. The first-order valence-corrected chi connectivity index (χ1v) is 43.8. The third-order valence-electron chi connectivity index (χ3n) is 18.5. The summed E-state index contributed by atoms with van der Waals surface area (Å²) in [7, 11) is 0. The number of carboxylic acid groups (broad SMARTS) is 4. The first-order chi connectivity index (χ1) is 68.1. The van der Waals surface area contributed by atoms with Crippen molar-refractivity contribution in [3.8, 4) is 11.5 Å². The molecule has 54 heteroatoms. The van der Waals surface area contributed by atoms with Gasteiger partial charge in [-0.05, 0) is 83.3 Å². The van der Waals surface area contributed by atoms with E-state index in [0.717, 1.165) is 33.4 Å². The molecule has 0 saturated heterocycles. The van der Waals surface area contributed by atoms with Gasteiger partial charge in [-0.15, -0.1) is 0 Å². The van der Waals surface area contributed by atoms with E-state index in [9.17, 15) is 111 Å². The molecule has 0 fully saturated rings. The van der Waals surface area contributed by atoms with Gasteiger partial charge >= 0.3 is 60.6 Å². The standard InChI is InChI=1S/C82H112N18O16.4C2HF3O2/c83-37-46-100(47-40-86-69(103)33-35-71(105)88-42-49-113-53-55-115-51-44-92-81(111)98-79(84)90-38-13-23-67(75(107)94-57-59-25-29-65(101)30-26-59)96-77(109)73(61-15-5-1-6-16-61)62-17-7-2-8-18-62)48-41-87-70(104)34-36-72(106)89-43-50-114-54-56-116-52-45-93-82(112)99-80(85)91-39-14-24-68(76(108)95-58-60-27-31-66(102)32-28-60)97-78(110)74(63-19-9-3-10-20-63)64-21-11-4-12-22-64;4*3-2(4,5)1(6)7/h1-12,15-22,25-32,67-68,73-74,101-102H,13-14,23-24,33-58,83H2,(H,86,103)(H,87,104)(H,88,105)(H,89,106)(H,94,107)(H,95,108)(H,96,109)(H,97,110)(H4,84,90,92,98,111)(H4,85,91,93,99,112);4*(H,6,7)/t67-,68-;;;;/m1..../s1. The number of aromatic hydroxyl groups is 2. The molecule has 2 atom stereocenters. The van der Waals surface area contributed by atoms with Gasteiger partial charge in [0.1, 0.15) is 23.6 Å². The molecule has 0 radical (unpaired) electrons. The number of halogens is 12. The average Bonchev–Trinajstić information content (AvgIpc) is 0.825. The molecule has 794 valence electrons. The number of benzene rings is 6. The monoisotopic (exact) mass is 2060 g/mol. The second-order valence-electron chi connectivity index (χ2n) is 29.7. The van der Waals surface area contributed by atoms with Gasteiger partial charge in [-0.2, -0.15) is 62.7 Å². The lowest BCUT2D eigenvalue weighted by Crippen LogP contribution is -2.48. The molecule has 42 nitrogen and oxygen atoms in total. The number of rotatable bonds is 54. The van der Waals surface area contributed by atoms with Gasteiger partial charge in [0.05, 0.1) is 64.7 Å². The fraction of sp³-hybridized carbons (Fsp3) is 0.422. The summed E-state index contributed by atoms with van der Waals surface area (Å²) < 4.78 is 149. The Morgan fingerprint density at radius 3 is 0.819 bits per heavy atom. The lowest BCUT2D eigenvalue weighted by molar-refractivity contribution is -0.193. The molecular weight excluding hydrogens is 1950 g/mol. The summed E-state index contributed by atoms with van der Waals surface area (Å²) in [6.07, 6.45) is -19.3. The van der Waals surface area contributed by atoms with Crippen molar-refractivity contribution in [3.63, 3.8) is 0 Å². The van der Waals surface area contributed by atoms with E-state index < -0.39 is 96.4 Å². The molecule has 0 bridgehead atoms. The number of alkyl halides is 12. The van der Waals surface area contributed by atoms with Crippen molar-refractivity contribution < 1.29 is 169 Å². The minimum Gasteiger partial charge on any atom is -0.508 e. The zero-order chi connectivity index (χ0) is 107. The lowest BCUT2D eigenvalue weighted by atomic mass is 9.90. The maximum Gasteiger partial charge on any atom is 0.490 e. The van der Waals surface area contributed by atoms with Crippen molar-refractivity contribution in [1.82, 2.24) is 68.7 Å². The van der Waals surface area contributed by atoms with Crippen LogP contribution in [-0.2, 0) is 89.6 Å². The number of carboxylic acids is 4. The first kappa shape index (κ1) is 125. The quantitative estimate of drug-likeness (QED) is 0.0109. The van der Waals surface area contributed by atoms with Gasteiger partial charge in [-0.25, -0.2) is 28.8 Å². The number of hydrogen-bond acceptors (Lipinski definition) is 22. The molecule has 0 spiro atoms. The van der Waals surface area contributed by atoms with Gasteiger partial charge in [0.15, 0.2) is 11.9 Å². The van der Waals surface area contributed by atoms with E-state index in [1.54, 1.807) is 24.3 Å². The predicted molar refractivity (Wildman–Crippen MR) is 492 cm³/mol. The molecule has 12 amide bonds. The van der Waals surface area contributed by atoms with Crippen LogP contribution < -0.4 is 81.0 Å². The van der Waals surface area contributed by atoms with Crippen molar-refractivity contribution in [1.29, 1.82) is 0 Å². The van der Waals surface area contributed by atoms with Crippen LogP contribution in [-0.4, -0.2) is 299 Å². The highest BCUT2D eigenvalue weighted by Crippen LogP contribution is 2.28. The van der Waals surface area contributed by atoms with Crippen LogP contribution in [0.3, 0.4) is 0 Å². The largest absolute Gasteiger partial charge is 0.508 e. The number of nitrogens with two attached hydrogens (primary N) is 3. The number of ether oxygens (including phenoxy) is 4. The molecule has 6 rings (SSSR count). The number of urea groups is 2. The minimum absolute atomic E-state index is 0.0293. The molecule has 0 unspecified atom stereocenters. The van der Waals surface area contributed by atoms with Gasteiger partial charge < -0.3 is 131 Å². The zero-order valence-corrected chi connectivity index (χ0v) is 77.3. The summed E-state index contributed by atoms with van der Waals surface area (Å²) in [4.78, 5) is 175. The third-order valence-corrected chi connectivity index (χ3v) is 18.5. The number of hydrogen-bond donors (Lipinski definition) is 21. The second kappa shape index (κ2) is 69.8. The highest BCUT2D eigenvalue weighted by Gasteiger charge is 2.41. The highest BCUT2D eigenvalue weighted by molar-refractivity contribution is 5.95. The van der Waals surface area contributed by atoms with E-state index in [4.69, 9.17) is 75.8 Å². The highest BCUT2D eigenvalue weighted by atomic mass is 19.4. The fourth-order valence-corrected chi connectivity index (χ4v) is 11.6. The van der Waals surface area contributed by atoms with Gasteiger partial charge in [0, 0.05) is 117 Å². The molecule has 6 aromatic rings.